The van der Waals surface area contributed by atoms with E-state index in [-0.39, 0.29) is 36.9 Å². The van der Waals surface area contributed by atoms with E-state index >= 15 is 0 Å². The largest absolute Gasteiger partial charge is 0.410 e. The van der Waals surface area contributed by atoms with Gasteiger partial charge in [-0.25, -0.2) is 13.8 Å². The monoisotopic (exact) mass is 585 g/mol. The zero-order chi connectivity index (χ0) is 31.0. The Morgan fingerprint density at radius 3 is 2.29 bits per heavy atom. The Kier molecular flexibility index (Phi) is 12.1. The van der Waals surface area contributed by atoms with Gasteiger partial charge >= 0.3 is 6.18 Å². The third-order valence-electron chi connectivity index (χ3n) is 7.13. The zero-order valence-electron chi connectivity index (χ0n) is 25.2. The van der Waals surface area contributed by atoms with Gasteiger partial charge in [-0.1, -0.05) is 60.3 Å². The highest BCUT2D eigenvalue weighted by Gasteiger charge is 2.46. The number of pyridine rings is 1. The lowest BCUT2D eigenvalue weighted by Gasteiger charge is -2.30. The van der Waals surface area contributed by atoms with Crippen LogP contribution in [0.5, 0.6) is 0 Å². The standard InChI is InChI=1S/C25H38F3N5.C6H10F2/c1-9-10-21(33-15-22(25(26,27)28)32-19(33)5)20-11-12-29-23(13-20)31-18(4)17(3)30-16(2)14-24(6,7)8;7-6(8)4-2-1-3-5-6/h11-13,17,21-22,30,32H,2,4-5,9-10,14-15H2,1,3,6-8H3,(H,29,31);1-5H2. The van der Waals surface area contributed by atoms with Gasteiger partial charge in [0.15, 0.2) is 0 Å². The third kappa shape index (κ3) is 11.6. The molecule has 0 spiro atoms. The van der Waals surface area contributed by atoms with Crippen molar-refractivity contribution < 1.29 is 22.0 Å². The van der Waals surface area contributed by atoms with Crippen LogP contribution in [-0.2, 0) is 0 Å². The van der Waals surface area contributed by atoms with Crippen LogP contribution in [0.15, 0.2) is 55.3 Å². The van der Waals surface area contributed by atoms with Gasteiger partial charge in [0.25, 0.3) is 0 Å². The number of nitrogens with zero attached hydrogens (tertiary/aromatic N) is 2. The molecule has 0 amide bonds. The third-order valence-corrected chi connectivity index (χ3v) is 7.13. The van der Waals surface area contributed by atoms with Gasteiger partial charge in [0.05, 0.1) is 17.9 Å². The first-order valence-electron chi connectivity index (χ1n) is 14.4. The molecular formula is C31H48F5N5. The molecule has 0 bridgehead atoms. The second kappa shape index (κ2) is 14.4. The Labute approximate surface area is 242 Å². The van der Waals surface area contributed by atoms with Crippen molar-refractivity contribution in [3.05, 3.63) is 60.8 Å². The summed E-state index contributed by atoms with van der Waals surface area (Å²) in [5.74, 6) is -1.43. The van der Waals surface area contributed by atoms with Crippen LogP contribution in [0.3, 0.4) is 0 Å². The van der Waals surface area contributed by atoms with Gasteiger partial charge in [-0.3, -0.25) is 0 Å². The summed E-state index contributed by atoms with van der Waals surface area (Å²) >= 11 is 0. The molecule has 1 aliphatic carbocycles. The van der Waals surface area contributed by atoms with Crippen molar-refractivity contribution in [3.8, 4) is 0 Å². The van der Waals surface area contributed by atoms with Gasteiger partial charge in [0, 0.05) is 37.0 Å². The minimum Gasteiger partial charge on any atom is -0.381 e. The average molecular weight is 586 g/mol. The molecule has 3 N–H and O–H groups in total. The number of alkyl halides is 5. The molecule has 1 saturated carbocycles. The van der Waals surface area contributed by atoms with Crippen molar-refractivity contribution in [1.82, 2.24) is 20.5 Å². The summed E-state index contributed by atoms with van der Waals surface area (Å²) in [4.78, 5) is 6.09. The summed E-state index contributed by atoms with van der Waals surface area (Å²) < 4.78 is 64.2. The topological polar surface area (TPSA) is 52.2 Å². The quantitative estimate of drug-likeness (QED) is 0.240. The lowest BCUT2D eigenvalue weighted by Crippen LogP contribution is -2.39. The predicted molar refractivity (Wildman–Crippen MR) is 157 cm³/mol. The van der Waals surface area contributed by atoms with Crippen LogP contribution in [0.2, 0.25) is 0 Å². The lowest BCUT2D eigenvalue weighted by atomic mass is 9.90. The number of aromatic nitrogens is 1. The van der Waals surface area contributed by atoms with Crippen LogP contribution in [0.4, 0.5) is 27.8 Å². The predicted octanol–water partition coefficient (Wildman–Crippen LogP) is 8.67. The maximum atomic E-state index is 13.3. The minimum atomic E-state index is -4.32. The van der Waals surface area contributed by atoms with Crippen LogP contribution < -0.4 is 16.0 Å². The first-order chi connectivity index (χ1) is 18.9. The van der Waals surface area contributed by atoms with Gasteiger partial charge < -0.3 is 20.9 Å². The maximum Gasteiger partial charge on any atom is 0.410 e. The van der Waals surface area contributed by atoms with E-state index in [1.807, 2.05) is 26.0 Å². The number of anilines is 1. The Morgan fingerprint density at radius 2 is 1.80 bits per heavy atom. The molecule has 3 unspecified atom stereocenters. The molecule has 41 heavy (non-hydrogen) atoms. The fourth-order valence-electron chi connectivity index (χ4n) is 5.06. The maximum absolute atomic E-state index is 13.3. The molecule has 232 valence electrons. The first-order valence-corrected chi connectivity index (χ1v) is 14.4. The zero-order valence-corrected chi connectivity index (χ0v) is 25.2. The molecule has 10 heteroatoms. The SMILES string of the molecule is C=C(CC(C)(C)C)NC(C)C(=C)Nc1cc(C(CCC)N2CC(C(F)(F)F)NC2=C)ccn1.FC1(F)CCCCC1. The second-order valence-electron chi connectivity index (χ2n) is 12.4. The molecule has 3 rings (SSSR count). The number of halogens is 5. The van der Waals surface area contributed by atoms with Gasteiger partial charge in [0.1, 0.15) is 11.9 Å². The molecule has 3 atom stereocenters. The Hall–Kier alpha value is -2.78. The molecule has 0 radical (unpaired) electrons. The van der Waals surface area contributed by atoms with Crippen LogP contribution in [0, 0.1) is 5.41 Å². The number of nitrogens with one attached hydrogen (secondary N) is 3. The summed E-state index contributed by atoms with van der Waals surface area (Å²) in [5, 5.41) is 9.09. The molecule has 2 aliphatic rings. The fourth-order valence-corrected chi connectivity index (χ4v) is 5.06. The highest BCUT2D eigenvalue weighted by Crippen LogP contribution is 2.36. The molecule has 2 heterocycles. The van der Waals surface area contributed by atoms with Crippen molar-refractivity contribution in [2.45, 2.75) is 116 Å². The van der Waals surface area contributed by atoms with E-state index in [2.05, 4.69) is 61.4 Å². The van der Waals surface area contributed by atoms with Crippen molar-refractivity contribution in [1.29, 1.82) is 0 Å². The van der Waals surface area contributed by atoms with E-state index < -0.39 is 18.1 Å². The van der Waals surface area contributed by atoms with Gasteiger partial charge in [-0.15, -0.1) is 0 Å². The van der Waals surface area contributed by atoms with Crippen LogP contribution in [0.25, 0.3) is 0 Å². The van der Waals surface area contributed by atoms with Crippen molar-refractivity contribution in [3.63, 3.8) is 0 Å². The molecule has 5 nitrogen and oxygen atoms in total. The molecule has 1 aliphatic heterocycles. The molecule has 1 saturated heterocycles. The number of hydrogen-bond acceptors (Lipinski definition) is 5. The van der Waals surface area contributed by atoms with Gasteiger partial charge in [-0.05, 0) is 55.7 Å². The smallest absolute Gasteiger partial charge is 0.381 e. The Morgan fingerprint density at radius 1 is 1.17 bits per heavy atom. The molecule has 1 aromatic heterocycles. The van der Waals surface area contributed by atoms with Gasteiger partial charge in [0.2, 0.25) is 5.92 Å². The van der Waals surface area contributed by atoms with E-state index in [9.17, 15) is 22.0 Å². The van der Waals surface area contributed by atoms with Crippen molar-refractivity contribution in [2.24, 2.45) is 5.41 Å². The fraction of sp³-hybridized carbons (Fsp3) is 0.645. The Balaban J connectivity index is 0.000000629. The lowest BCUT2D eigenvalue weighted by molar-refractivity contribution is -0.150. The van der Waals surface area contributed by atoms with E-state index in [0.717, 1.165) is 36.2 Å². The second-order valence-corrected chi connectivity index (χ2v) is 12.4. The van der Waals surface area contributed by atoms with E-state index in [4.69, 9.17) is 0 Å². The highest BCUT2D eigenvalue weighted by molar-refractivity contribution is 5.45. The molecule has 2 fully saturated rings. The molecule has 0 aromatic carbocycles. The summed E-state index contributed by atoms with van der Waals surface area (Å²) in [5.41, 5.74) is 2.67. The normalized spacial score (nSPS) is 20.3. The van der Waals surface area contributed by atoms with E-state index in [0.29, 0.717) is 30.9 Å². The van der Waals surface area contributed by atoms with Gasteiger partial charge in [-0.2, -0.15) is 13.2 Å². The number of hydrogen-bond donors (Lipinski definition) is 3. The van der Waals surface area contributed by atoms with Crippen LogP contribution >= 0.6 is 0 Å². The number of rotatable bonds is 10. The summed E-state index contributed by atoms with van der Waals surface area (Å²) in [6, 6.07) is 1.79. The minimum absolute atomic E-state index is 0.0770. The summed E-state index contributed by atoms with van der Waals surface area (Å²) in [6.45, 7) is 22.4. The van der Waals surface area contributed by atoms with Crippen molar-refractivity contribution in [2.75, 3.05) is 11.9 Å². The van der Waals surface area contributed by atoms with Crippen LogP contribution in [-0.4, -0.2) is 40.6 Å². The highest BCUT2D eigenvalue weighted by atomic mass is 19.4. The number of allylic oxidation sites excluding steroid dienone is 1. The summed E-state index contributed by atoms with van der Waals surface area (Å²) in [6.07, 6.45) is 2.36. The summed E-state index contributed by atoms with van der Waals surface area (Å²) in [7, 11) is 0. The van der Waals surface area contributed by atoms with Crippen molar-refractivity contribution >= 4 is 5.82 Å². The van der Waals surface area contributed by atoms with E-state index in [1.165, 1.54) is 0 Å². The van der Waals surface area contributed by atoms with Crippen LogP contribution in [0.1, 0.15) is 97.6 Å². The molecular weight excluding hydrogens is 537 g/mol. The molecule has 1 aromatic rings. The van der Waals surface area contributed by atoms with E-state index in [1.54, 1.807) is 11.1 Å². The first kappa shape index (κ1) is 34.4. The average Bonchev–Trinajstić information content (AvgIpc) is 3.23. The Bertz CT molecular complexity index is 1020.